The van der Waals surface area contributed by atoms with Gasteiger partial charge in [-0.1, -0.05) is 39.7 Å². The molecule has 0 amide bonds. The van der Waals surface area contributed by atoms with Gasteiger partial charge in [0.2, 0.25) is 0 Å². The molecule has 0 heterocycles. The smallest absolute Gasteiger partial charge is 0.0498 e. The summed E-state index contributed by atoms with van der Waals surface area (Å²) < 4.78 is 2.16. The lowest BCUT2D eigenvalue weighted by atomic mass is 10.1. The molecule has 0 atom stereocenters. The van der Waals surface area contributed by atoms with Crippen molar-refractivity contribution >= 4 is 37.5 Å². The lowest BCUT2D eigenvalue weighted by molar-refractivity contribution is 1.11. The second kappa shape index (κ2) is 5.89. The molecular weight excluding hydrogens is 354 g/mol. The lowest BCUT2D eigenvalue weighted by Crippen LogP contribution is -2.02. The van der Waals surface area contributed by atoms with E-state index in [1.807, 2.05) is 12.1 Å². The van der Waals surface area contributed by atoms with Crippen LogP contribution in [0.1, 0.15) is 16.7 Å². The van der Waals surface area contributed by atoms with Crippen LogP contribution in [-0.2, 0) is 6.54 Å². The zero-order chi connectivity index (χ0) is 13.1. The quantitative estimate of drug-likeness (QED) is 0.760. The number of anilines is 1. The number of hydrogen-bond acceptors (Lipinski definition) is 1. The summed E-state index contributed by atoms with van der Waals surface area (Å²) in [5, 5.41) is 3.46. The van der Waals surface area contributed by atoms with Crippen LogP contribution in [0.5, 0.6) is 0 Å². The fraction of sp³-hybridized carbons (Fsp3) is 0.200. The average molecular weight is 369 g/mol. The van der Waals surface area contributed by atoms with Crippen molar-refractivity contribution in [3.8, 4) is 0 Å². The number of hydrogen-bond donors (Lipinski definition) is 1. The third kappa shape index (κ3) is 3.36. The van der Waals surface area contributed by atoms with Crippen molar-refractivity contribution in [2.75, 3.05) is 5.32 Å². The van der Waals surface area contributed by atoms with Crippen molar-refractivity contribution in [1.29, 1.82) is 0 Å². The summed E-state index contributed by atoms with van der Waals surface area (Å²) in [5.41, 5.74) is 5.05. The topological polar surface area (TPSA) is 12.0 Å². The van der Waals surface area contributed by atoms with Crippen LogP contribution in [0.3, 0.4) is 0 Å². The van der Waals surface area contributed by atoms with Crippen molar-refractivity contribution in [2.24, 2.45) is 0 Å². The largest absolute Gasteiger partial charge is 0.380 e. The predicted octanol–water partition coefficient (Wildman–Crippen LogP) is 5.44. The minimum atomic E-state index is 0.836. The molecule has 2 rings (SSSR count). The van der Waals surface area contributed by atoms with Gasteiger partial charge in [0.25, 0.3) is 0 Å². The van der Waals surface area contributed by atoms with Gasteiger partial charge < -0.3 is 5.32 Å². The minimum Gasteiger partial charge on any atom is -0.380 e. The fourth-order valence-electron chi connectivity index (χ4n) is 1.81. The number of halogens is 2. The van der Waals surface area contributed by atoms with E-state index in [1.165, 1.54) is 16.7 Å². The third-order valence-corrected chi connectivity index (χ3v) is 4.09. The zero-order valence-electron chi connectivity index (χ0n) is 10.4. The minimum absolute atomic E-state index is 0.836. The van der Waals surface area contributed by atoms with Crippen LogP contribution in [0.15, 0.2) is 45.3 Å². The molecule has 0 unspecified atom stereocenters. The highest BCUT2D eigenvalue weighted by molar-refractivity contribution is 9.11. The molecule has 0 spiro atoms. The van der Waals surface area contributed by atoms with Gasteiger partial charge in [-0.3, -0.25) is 0 Å². The van der Waals surface area contributed by atoms with E-state index in [9.17, 15) is 0 Å². The lowest BCUT2D eigenvalue weighted by Gasteiger charge is -2.11. The predicted molar refractivity (Wildman–Crippen MR) is 85.1 cm³/mol. The second-order valence-corrected chi connectivity index (χ2v) is 6.18. The molecule has 0 saturated heterocycles. The molecule has 2 aromatic rings. The van der Waals surface area contributed by atoms with E-state index >= 15 is 0 Å². The summed E-state index contributed by atoms with van der Waals surface area (Å²) in [4.78, 5) is 0. The Bertz CT molecular complexity index is 513. The van der Waals surface area contributed by atoms with Crippen LogP contribution < -0.4 is 5.32 Å². The maximum absolute atomic E-state index is 3.55. The number of benzene rings is 2. The monoisotopic (exact) mass is 367 g/mol. The molecular formula is C15H15Br2N. The molecule has 0 bridgehead atoms. The van der Waals surface area contributed by atoms with Gasteiger partial charge in [-0.25, -0.2) is 0 Å². The Hall–Kier alpha value is -0.800. The van der Waals surface area contributed by atoms with Gasteiger partial charge in [0, 0.05) is 21.2 Å². The Balaban J connectivity index is 2.16. The van der Waals surface area contributed by atoms with Crippen molar-refractivity contribution < 1.29 is 0 Å². The summed E-state index contributed by atoms with van der Waals surface area (Å²) in [7, 11) is 0. The Kier molecular flexibility index (Phi) is 4.46. The van der Waals surface area contributed by atoms with Gasteiger partial charge in [-0.2, -0.15) is 0 Å². The molecule has 0 fully saturated rings. The standard InChI is InChI=1S/C15H15Br2N/c1-10-3-4-11(2)12(7-10)9-18-15-8-13(16)5-6-14(15)17/h3-8,18H,9H2,1-2H3. The molecule has 0 aliphatic rings. The van der Waals surface area contributed by atoms with Crippen LogP contribution in [0.25, 0.3) is 0 Å². The highest BCUT2D eigenvalue weighted by Crippen LogP contribution is 2.26. The molecule has 1 N–H and O–H groups in total. The first-order chi connectivity index (χ1) is 8.56. The van der Waals surface area contributed by atoms with Gasteiger partial charge in [0.1, 0.15) is 0 Å². The van der Waals surface area contributed by atoms with Gasteiger partial charge in [-0.05, 0) is 59.1 Å². The first-order valence-corrected chi connectivity index (χ1v) is 7.40. The van der Waals surface area contributed by atoms with Crippen LogP contribution in [0, 0.1) is 13.8 Å². The molecule has 94 valence electrons. The highest BCUT2D eigenvalue weighted by atomic mass is 79.9. The first kappa shape index (κ1) is 13.6. The highest BCUT2D eigenvalue weighted by Gasteiger charge is 2.02. The molecule has 18 heavy (non-hydrogen) atoms. The molecule has 0 aliphatic carbocycles. The van der Waals surface area contributed by atoms with Crippen LogP contribution in [0.4, 0.5) is 5.69 Å². The molecule has 0 radical (unpaired) electrons. The van der Waals surface area contributed by atoms with Crippen molar-refractivity contribution in [3.63, 3.8) is 0 Å². The number of nitrogens with one attached hydrogen (secondary N) is 1. The maximum Gasteiger partial charge on any atom is 0.0498 e. The van der Waals surface area contributed by atoms with E-state index in [1.54, 1.807) is 0 Å². The fourth-order valence-corrected chi connectivity index (χ4v) is 2.56. The molecule has 0 aromatic heterocycles. The normalized spacial score (nSPS) is 10.4. The number of rotatable bonds is 3. The van der Waals surface area contributed by atoms with Gasteiger partial charge in [0.05, 0.1) is 0 Å². The van der Waals surface area contributed by atoms with Crippen molar-refractivity contribution in [2.45, 2.75) is 20.4 Å². The van der Waals surface area contributed by atoms with E-state index < -0.39 is 0 Å². The first-order valence-electron chi connectivity index (χ1n) is 5.81. The maximum atomic E-state index is 3.55. The summed E-state index contributed by atoms with van der Waals surface area (Å²) in [5.74, 6) is 0. The Morgan fingerprint density at radius 1 is 1.00 bits per heavy atom. The Labute approximate surface area is 125 Å². The SMILES string of the molecule is Cc1ccc(C)c(CNc2cc(Br)ccc2Br)c1. The Morgan fingerprint density at radius 3 is 2.56 bits per heavy atom. The van der Waals surface area contributed by atoms with E-state index in [2.05, 4.69) is 75.3 Å². The van der Waals surface area contributed by atoms with E-state index in [-0.39, 0.29) is 0 Å². The molecule has 3 heteroatoms. The average Bonchev–Trinajstić information content (AvgIpc) is 2.34. The molecule has 2 aromatic carbocycles. The zero-order valence-corrected chi connectivity index (χ0v) is 13.6. The van der Waals surface area contributed by atoms with Crippen molar-refractivity contribution in [3.05, 3.63) is 62.0 Å². The second-order valence-electron chi connectivity index (χ2n) is 4.41. The number of aryl methyl sites for hydroxylation is 2. The van der Waals surface area contributed by atoms with E-state index in [0.717, 1.165) is 21.2 Å². The van der Waals surface area contributed by atoms with Gasteiger partial charge in [0.15, 0.2) is 0 Å². The Morgan fingerprint density at radius 2 is 1.78 bits per heavy atom. The van der Waals surface area contributed by atoms with Crippen LogP contribution in [-0.4, -0.2) is 0 Å². The molecule has 1 nitrogen and oxygen atoms in total. The van der Waals surface area contributed by atoms with Crippen LogP contribution in [0.2, 0.25) is 0 Å². The van der Waals surface area contributed by atoms with Crippen LogP contribution >= 0.6 is 31.9 Å². The summed E-state index contributed by atoms with van der Waals surface area (Å²) in [6.07, 6.45) is 0. The van der Waals surface area contributed by atoms with Gasteiger partial charge in [-0.15, -0.1) is 0 Å². The summed E-state index contributed by atoms with van der Waals surface area (Å²) >= 11 is 7.04. The van der Waals surface area contributed by atoms with E-state index in [0.29, 0.717) is 0 Å². The summed E-state index contributed by atoms with van der Waals surface area (Å²) in [6, 6.07) is 12.7. The van der Waals surface area contributed by atoms with Gasteiger partial charge >= 0.3 is 0 Å². The molecule has 0 saturated carbocycles. The summed E-state index contributed by atoms with van der Waals surface area (Å²) in [6.45, 7) is 5.10. The van der Waals surface area contributed by atoms with Crippen molar-refractivity contribution in [1.82, 2.24) is 0 Å². The van der Waals surface area contributed by atoms with E-state index in [4.69, 9.17) is 0 Å². The molecule has 0 aliphatic heterocycles. The third-order valence-electron chi connectivity index (χ3n) is 2.90.